The van der Waals surface area contributed by atoms with Gasteiger partial charge >= 0.3 is 6.18 Å². The fraction of sp³-hybridized carbons (Fsp3) is 0.280. The van der Waals surface area contributed by atoms with Gasteiger partial charge in [0.15, 0.2) is 6.23 Å². The van der Waals surface area contributed by atoms with Crippen molar-refractivity contribution in [3.05, 3.63) is 81.8 Å². The number of nitrogens with one attached hydrogen (secondary N) is 1. The Labute approximate surface area is 199 Å². The van der Waals surface area contributed by atoms with Gasteiger partial charge in [-0.1, -0.05) is 12.1 Å². The summed E-state index contributed by atoms with van der Waals surface area (Å²) >= 11 is 0. The van der Waals surface area contributed by atoms with Crippen molar-refractivity contribution in [3.8, 4) is 17.2 Å². The highest BCUT2D eigenvalue weighted by atomic mass is 19.4. The maximum absolute atomic E-state index is 13.0. The molecule has 2 aromatic carbocycles. The molecular formula is C25H23F3N4O3. The zero-order valence-corrected chi connectivity index (χ0v) is 18.8. The first kappa shape index (κ1) is 24.3. The number of anilines is 2. The summed E-state index contributed by atoms with van der Waals surface area (Å²) < 4.78 is 45.9. The van der Waals surface area contributed by atoms with Gasteiger partial charge in [-0.25, -0.2) is 0 Å². The van der Waals surface area contributed by atoms with Crippen LogP contribution in [0.2, 0.25) is 0 Å². The number of ether oxygens (including phenoxy) is 1. The van der Waals surface area contributed by atoms with Crippen molar-refractivity contribution in [1.29, 1.82) is 5.26 Å². The van der Waals surface area contributed by atoms with E-state index in [1.807, 2.05) is 4.90 Å². The molecule has 0 amide bonds. The van der Waals surface area contributed by atoms with Crippen molar-refractivity contribution in [2.24, 2.45) is 7.05 Å². The van der Waals surface area contributed by atoms with Crippen molar-refractivity contribution >= 4 is 11.4 Å². The highest BCUT2D eigenvalue weighted by Crippen LogP contribution is 2.32. The Hall–Kier alpha value is -3.81. The normalized spacial score (nSPS) is 14.9. The van der Waals surface area contributed by atoms with Crippen LogP contribution in [0.1, 0.15) is 22.9 Å². The van der Waals surface area contributed by atoms with Gasteiger partial charge in [-0.2, -0.15) is 18.4 Å². The van der Waals surface area contributed by atoms with Gasteiger partial charge in [0.25, 0.3) is 5.56 Å². The summed E-state index contributed by atoms with van der Waals surface area (Å²) in [4.78, 5) is 14.7. The number of nitriles is 1. The number of aliphatic hydroxyl groups excluding tert-OH is 1. The predicted octanol–water partition coefficient (Wildman–Crippen LogP) is 3.88. The quantitative estimate of drug-likeness (QED) is 0.535. The van der Waals surface area contributed by atoms with Crippen LogP contribution in [0.4, 0.5) is 24.5 Å². The van der Waals surface area contributed by atoms with Gasteiger partial charge in [0.05, 0.1) is 30.4 Å². The number of halogens is 3. The van der Waals surface area contributed by atoms with Gasteiger partial charge in [-0.3, -0.25) is 4.79 Å². The van der Waals surface area contributed by atoms with Crippen molar-refractivity contribution in [2.75, 3.05) is 36.5 Å². The number of benzene rings is 2. The molecule has 0 spiro atoms. The van der Waals surface area contributed by atoms with Crippen molar-refractivity contribution < 1.29 is 23.0 Å². The third-order valence-corrected chi connectivity index (χ3v) is 5.80. The molecule has 0 bridgehead atoms. The summed E-state index contributed by atoms with van der Waals surface area (Å²) in [5.74, 6) is 0. The molecule has 35 heavy (non-hydrogen) atoms. The molecule has 1 aliphatic heterocycles. The maximum Gasteiger partial charge on any atom is 0.416 e. The Morgan fingerprint density at radius 1 is 1.14 bits per heavy atom. The zero-order valence-electron chi connectivity index (χ0n) is 18.8. The van der Waals surface area contributed by atoms with E-state index in [4.69, 9.17) is 4.74 Å². The van der Waals surface area contributed by atoms with Crippen LogP contribution in [0.25, 0.3) is 11.1 Å². The second kappa shape index (κ2) is 9.82. The van der Waals surface area contributed by atoms with Gasteiger partial charge in [0, 0.05) is 48.7 Å². The number of hydrogen-bond donors (Lipinski definition) is 2. The Kier molecular flexibility index (Phi) is 6.82. The lowest BCUT2D eigenvalue weighted by atomic mass is 10.00. The van der Waals surface area contributed by atoms with Gasteiger partial charge in [0.2, 0.25) is 0 Å². The fourth-order valence-corrected chi connectivity index (χ4v) is 3.97. The minimum absolute atomic E-state index is 0.0439. The summed E-state index contributed by atoms with van der Waals surface area (Å²) in [5.41, 5.74) is 1.35. The highest BCUT2D eigenvalue weighted by molar-refractivity contribution is 5.76. The first-order valence-corrected chi connectivity index (χ1v) is 10.9. The van der Waals surface area contributed by atoms with E-state index in [9.17, 15) is 28.3 Å². The van der Waals surface area contributed by atoms with Gasteiger partial charge in [-0.15, -0.1) is 0 Å². The van der Waals surface area contributed by atoms with E-state index < -0.39 is 18.0 Å². The summed E-state index contributed by atoms with van der Waals surface area (Å²) in [5, 5.41) is 23.0. The molecule has 1 fully saturated rings. The van der Waals surface area contributed by atoms with Crippen LogP contribution in [-0.4, -0.2) is 36.0 Å². The average Bonchev–Trinajstić information content (AvgIpc) is 2.85. The number of pyridine rings is 1. The molecule has 1 atom stereocenters. The minimum atomic E-state index is -4.53. The van der Waals surface area contributed by atoms with Gasteiger partial charge < -0.3 is 24.6 Å². The Morgan fingerprint density at radius 2 is 1.89 bits per heavy atom. The van der Waals surface area contributed by atoms with Crippen molar-refractivity contribution in [3.63, 3.8) is 0 Å². The van der Waals surface area contributed by atoms with E-state index in [1.165, 1.54) is 16.7 Å². The molecule has 0 radical (unpaired) electrons. The fourth-order valence-electron chi connectivity index (χ4n) is 3.97. The number of rotatable bonds is 5. The van der Waals surface area contributed by atoms with E-state index in [1.54, 1.807) is 37.5 Å². The molecule has 1 saturated heterocycles. The molecule has 2 heterocycles. The first-order valence-electron chi connectivity index (χ1n) is 10.9. The highest BCUT2D eigenvalue weighted by Gasteiger charge is 2.31. The lowest BCUT2D eigenvalue weighted by Gasteiger charge is -2.28. The Morgan fingerprint density at radius 3 is 2.57 bits per heavy atom. The predicted molar refractivity (Wildman–Crippen MR) is 125 cm³/mol. The van der Waals surface area contributed by atoms with E-state index in [2.05, 4.69) is 11.4 Å². The number of morpholine rings is 1. The number of aliphatic hydroxyl groups is 1. The number of alkyl halides is 3. The topological polar surface area (TPSA) is 90.5 Å². The molecule has 7 nitrogen and oxygen atoms in total. The Balaban J connectivity index is 1.68. The van der Waals surface area contributed by atoms with E-state index in [-0.39, 0.29) is 11.1 Å². The third-order valence-electron chi connectivity index (χ3n) is 5.80. The summed E-state index contributed by atoms with van der Waals surface area (Å²) in [6.07, 6.45) is -4.32. The maximum atomic E-state index is 13.0. The third kappa shape index (κ3) is 5.31. The van der Waals surface area contributed by atoms with Crippen LogP contribution in [0, 0.1) is 11.3 Å². The smallest absolute Gasteiger partial charge is 0.378 e. The van der Waals surface area contributed by atoms with Crippen LogP contribution < -0.4 is 15.8 Å². The second-order valence-corrected chi connectivity index (χ2v) is 8.17. The van der Waals surface area contributed by atoms with Crippen LogP contribution >= 0.6 is 0 Å². The molecule has 1 aliphatic rings. The van der Waals surface area contributed by atoms with Gasteiger partial charge in [0.1, 0.15) is 5.69 Å². The van der Waals surface area contributed by atoms with Crippen LogP contribution in [0.5, 0.6) is 0 Å². The van der Waals surface area contributed by atoms with E-state index in [0.29, 0.717) is 54.4 Å². The summed E-state index contributed by atoms with van der Waals surface area (Å²) in [7, 11) is 1.63. The lowest BCUT2D eigenvalue weighted by molar-refractivity contribution is -0.137. The monoisotopic (exact) mass is 484 g/mol. The van der Waals surface area contributed by atoms with E-state index >= 15 is 0 Å². The summed E-state index contributed by atoms with van der Waals surface area (Å²) in [6.45, 7) is 2.14. The largest absolute Gasteiger partial charge is 0.416 e. The average molecular weight is 484 g/mol. The number of aromatic nitrogens is 1. The lowest BCUT2D eigenvalue weighted by Crippen LogP contribution is -2.40. The second-order valence-electron chi connectivity index (χ2n) is 8.17. The molecule has 3 aromatic rings. The van der Waals surface area contributed by atoms with Crippen LogP contribution in [-0.2, 0) is 18.0 Å². The molecule has 1 aromatic heterocycles. The zero-order chi connectivity index (χ0) is 25.2. The van der Waals surface area contributed by atoms with Crippen molar-refractivity contribution in [1.82, 2.24) is 4.57 Å². The molecule has 2 N–H and O–H groups in total. The minimum Gasteiger partial charge on any atom is -0.378 e. The first-order chi connectivity index (χ1) is 16.7. The summed E-state index contributed by atoms with van der Waals surface area (Å²) in [6, 6.07) is 13.0. The van der Waals surface area contributed by atoms with Crippen LogP contribution in [0.3, 0.4) is 0 Å². The molecule has 0 saturated carbocycles. The number of hydrogen-bond acceptors (Lipinski definition) is 6. The molecule has 10 heteroatoms. The van der Waals surface area contributed by atoms with Crippen LogP contribution in [0.15, 0.2) is 59.5 Å². The molecule has 1 unspecified atom stereocenters. The van der Waals surface area contributed by atoms with E-state index in [0.717, 1.165) is 12.1 Å². The molecular weight excluding hydrogens is 461 g/mol. The molecule has 4 rings (SSSR count). The van der Waals surface area contributed by atoms with Gasteiger partial charge in [-0.05, 0) is 36.4 Å². The standard InChI is InChI=1S/C25H23F3N4O3/c1-31-15-18(12-22(24(31)34)32-7-9-35-10-8-32)21-13-20(6-5-17(21)14-29)30-23(33)16-3-2-4-19(11-16)25(26,27)28/h2-6,11-13,15,23,30,33H,7-10H2,1H3. The SMILES string of the molecule is Cn1cc(-c2cc(NC(O)c3cccc(C(F)(F)F)c3)ccc2C#N)cc(N2CCOCC2)c1=O. The van der Waals surface area contributed by atoms with Crippen molar-refractivity contribution in [2.45, 2.75) is 12.4 Å². The number of aryl methyl sites for hydroxylation is 1. The Bertz CT molecular complexity index is 1320. The molecule has 182 valence electrons. The molecule has 0 aliphatic carbocycles. The number of nitrogens with zero attached hydrogens (tertiary/aromatic N) is 3.